The number of carbonyl (C=O) groups is 1. The van der Waals surface area contributed by atoms with E-state index < -0.39 is 11.6 Å². The zero-order valence-corrected chi connectivity index (χ0v) is 20.7. The second-order valence-corrected chi connectivity index (χ2v) is 10.4. The minimum atomic E-state index is -0.572. The summed E-state index contributed by atoms with van der Waals surface area (Å²) in [5.41, 5.74) is 3.61. The first-order chi connectivity index (χ1) is 17.5. The highest BCUT2D eigenvalue weighted by Crippen LogP contribution is 2.28. The van der Waals surface area contributed by atoms with Crippen LogP contribution in [0.15, 0.2) is 72.8 Å². The first-order valence-electron chi connectivity index (χ1n) is 13.1. The summed E-state index contributed by atoms with van der Waals surface area (Å²) in [7, 11) is 0. The Labute approximate surface area is 212 Å². The van der Waals surface area contributed by atoms with Gasteiger partial charge in [-0.05, 0) is 79.5 Å². The fourth-order valence-corrected chi connectivity index (χ4v) is 5.78. The van der Waals surface area contributed by atoms with Crippen molar-refractivity contribution in [3.8, 4) is 11.1 Å². The molecule has 0 N–H and O–H groups in total. The van der Waals surface area contributed by atoms with E-state index in [1.165, 1.54) is 17.7 Å². The summed E-state index contributed by atoms with van der Waals surface area (Å²) in [5.74, 6) is -0.125. The molecule has 0 saturated carbocycles. The summed E-state index contributed by atoms with van der Waals surface area (Å²) < 4.78 is 27.6. The van der Waals surface area contributed by atoms with Gasteiger partial charge in [0.05, 0.1) is 5.92 Å². The van der Waals surface area contributed by atoms with Crippen LogP contribution in [0.2, 0.25) is 0 Å². The van der Waals surface area contributed by atoms with Gasteiger partial charge in [0.15, 0.2) is 0 Å². The third kappa shape index (κ3) is 6.01. The number of carbonyl (C=O) groups excluding carboxylic acids is 1. The van der Waals surface area contributed by atoms with Crippen LogP contribution in [0.5, 0.6) is 0 Å². The van der Waals surface area contributed by atoms with E-state index in [0.29, 0.717) is 17.4 Å². The van der Waals surface area contributed by atoms with Crippen molar-refractivity contribution in [3.63, 3.8) is 0 Å². The van der Waals surface area contributed by atoms with Crippen molar-refractivity contribution in [2.45, 2.75) is 38.6 Å². The van der Waals surface area contributed by atoms with Crippen molar-refractivity contribution in [1.29, 1.82) is 0 Å². The minimum absolute atomic E-state index is 0.0437. The van der Waals surface area contributed by atoms with E-state index in [9.17, 15) is 13.6 Å². The van der Waals surface area contributed by atoms with Gasteiger partial charge in [0, 0.05) is 37.8 Å². The van der Waals surface area contributed by atoms with Crippen LogP contribution < -0.4 is 0 Å². The van der Waals surface area contributed by atoms with E-state index in [-0.39, 0.29) is 5.92 Å². The van der Waals surface area contributed by atoms with E-state index in [4.69, 9.17) is 0 Å². The van der Waals surface area contributed by atoms with E-state index in [0.717, 1.165) is 82.0 Å². The number of piperidine rings is 2. The molecule has 1 unspecified atom stereocenters. The quantitative estimate of drug-likeness (QED) is 0.405. The topological polar surface area (TPSA) is 23.6 Å². The van der Waals surface area contributed by atoms with Gasteiger partial charge in [-0.1, -0.05) is 48.5 Å². The van der Waals surface area contributed by atoms with Gasteiger partial charge in [-0.25, -0.2) is 8.78 Å². The van der Waals surface area contributed by atoms with Crippen LogP contribution in [-0.4, -0.2) is 41.9 Å². The van der Waals surface area contributed by atoms with Crippen molar-refractivity contribution in [2.24, 2.45) is 11.8 Å². The average Bonchev–Trinajstić information content (AvgIpc) is 2.90. The van der Waals surface area contributed by atoms with E-state index in [1.807, 2.05) is 24.3 Å². The summed E-state index contributed by atoms with van der Waals surface area (Å²) in [5, 5.41) is 0. The zero-order chi connectivity index (χ0) is 24.9. The molecule has 2 aliphatic heterocycles. The third-order valence-electron chi connectivity index (χ3n) is 7.72. The Morgan fingerprint density at radius 2 is 1.61 bits per heavy atom. The predicted molar refractivity (Wildman–Crippen MR) is 139 cm³/mol. The lowest BCUT2D eigenvalue weighted by Gasteiger charge is -2.38. The normalized spacial score (nSPS) is 19.4. The molecule has 2 fully saturated rings. The van der Waals surface area contributed by atoms with Crippen molar-refractivity contribution < 1.29 is 13.6 Å². The monoisotopic (exact) mass is 488 g/mol. The molecule has 188 valence electrons. The smallest absolute Gasteiger partial charge is 0.226 e. The molecular weight excluding hydrogens is 454 g/mol. The summed E-state index contributed by atoms with van der Waals surface area (Å²) >= 11 is 0. The molecule has 2 saturated heterocycles. The highest BCUT2D eigenvalue weighted by molar-refractivity contribution is 5.79. The number of nitrogens with zero attached hydrogens (tertiary/aromatic N) is 2. The van der Waals surface area contributed by atoms with Gasteiger partial charge < -0.3 is 4.90 Å². The molecule has 0 bridgehead atoms. The molecule has 0 spiro atoms. The van der Waals surface area contributed by atoms with E-state index >= 15 is 0 Å². The molecule has 0 radical (unpaired) electrons. The molecule has 5 rings (SSSR count). The highest BCUT2D eigenvalue weighted by atomic mass is 19.1. The lowest BCUT2D eigenvalue weighted by Crippen LogP contribution is -2.47. The Morgan fingerprint density at radius 1 is 0.833 bits per heavy atom. The number of hydrogen-bond donors (Lipinski definition) is 0. The SMILES string of the molecule is O=C(C1CCCN(Cc2cccc(-c3ccc(F)cc3F)c2)C1)N1CCC(Cc2ccccc2)CC1. The molecule has 3 aromatic carbocycles. The molecule has 0 aromatic heterocycles. The van der Waals surface area contributed by atoms with Gasteiger partial charge in [0.1, 0.15) is 11.6 Å². The molecule has 0 aliphatic carbocycles. The van der Waals surface area contributed by atoms with Gasteiger partial charge in [-0.2, -0.15) is 0 Å². The van der Waals surface area contributed by atoms with Gasteiger partial charge in [-0.3, -0.25) is 9.69 Å². The van der Waals surface area contributed by atoms with Crippen LogP contribution in [0.25, 0.3) is 11.1 Å². The average molecular weight is 489 g/mol. The minimum Gasteiger partial charge on any atom is -0.342 e. The first kappa shape index (κ1) is 24.6. The lowest BCUT2D eigenvalue weighted by atomic mass is 9.89. The van der Waals surface area contributed by atoms with Crippen molar-refractivity contribution in [2.75, 3.05) is 26.2 Å². The maximum absolute atomic E-state index is 14.3. The standard InChI is InChI=1S/C31H34F2N2O/c32-28-11-12-29(30(33)20-28)26-9-4-8-25(19-26)21-34-15-5-10-27(22-34)31(36)35-16-13-24(14-17-35)18-23-6-2-1-3-7-23/h1-4,6-9,11-12,19-20,24,27H,5,10,13-18,21-22H2. The van der Waals surface area contributed by atoms with Gasteiger partial charge in [0.2, 0.25) is 5.91 Å². The Bertz CT molecular complexity index is 1170. The lowest BCUT2D eigenvalue weighted by molar-refractivity contribution is -0.138. The van der Waals surface area contributed by atoms with Crippen LogP contribution in [0.1, 0.15) is 36.8 Å². The number of benzene rings is 3. The van der Waals surface area contributed by atoms with Crippen molar-refractivity contribution in [3.05, 3.63) is 95.6 Å². The Hall–Kier alpha value is -3.05. The highest BCUT2D eigenvalue weighted by Gasteiger charge is 2.31. The summed E-state index contributed by atoms with van der Waals surface area (Å²) in [4.78, 5) is 17.8. The maximum Gasteiger partial charge on any atom is 0.226 e. The molecule has 1 atom stereocenters. The van der Waals surface area contributed by atoms with Crippen LogP contribution in [-0.2, 0) is 17.8 Å². The number of amides is 1. The van der Waals surface area contributed by atoms with Crippen molar-refractivity contribution in [1.82, 2.24) is 9.80 Å². The van der Waals surface area contributed by atoms with Crippen LogP contribution in [0, 0.1) is 23.5 Å². The fraction of sp³-hybridized carbons (Fsp3) is 0.387. The van der Waals surface area contributed by atoms with Gasteiger partial charge in [-0.15, -0.1) is 0 Å². The first-order valence-corrected chi connectivity index (χ1v) is 13.1. The molecule has 3 aromatic rings. The van der Waals surface area contributed by atoms with Crippen LogP contribution in [0.3, 0.4) is 0 Å². The van der Waals surface area contributed by atoms with E-state index in [1.54, 1.807) is 0 Å². The Balaban J connectivity index is 1.16. The predicted octanol–water partition coefficient (Wildman–Crippen LogP) is 6.33. The Morgan fingerprint density at radius 3 is 2.39 bits per heavy atom. The molecular formula is C31H34F2N2O. The van der Waals surface area contributed by atoms with E-state index in [2.05, 4.69) is 40.1 Å². The second-order valence-electron chi connectivity index (χ2n) is 10.4. The van der Waals surface area contributed by atoms with Crippen LogP contribution in [0.4, 0.5) is 8.78 Å². The molecule has 3 nitrogen and oxygen atoms in total. The van der Waals surface area contributed by atoms with Crippen molar-refractivity contribution >= 4 is 5.91 Å². The van der Waals surface area contributed by atoms with Gasteiger partial charge >= 0.3 is 0 Å². The summed E-state index contributed by atoms with van der Waals surface area (Å²) in [6, 6.07) is 22.1. The third-order valence-corrected chi connectivity index (χ3v) is 7.72. The summed E-state index contributed by atoms with van der Waals surface area (Å²) in [6.45, 7) is 4.16. The fourth-order valence-electron chi connectivity index (χ4n) is 5.78. The number of halogens is 2. The molecule has 36 heavy (non-hydrogen) atoms. The molecule has 2 heterocycles. The second kappa shape index (κ2) is 11.3. The number of hydrogen-bond acceptors (Lipinski definition) is 2. The molecule has 1 amide bonds. The maximum atomic E-state index is 14.3. The number of rotatable bonds is 6. The number of likely N-dealkylation sites (tertiary alicyclic amines) is 2. The van der Waals surface area contributed by atoms with Crippen LogP contribution >= 0.6 is 0 Å². The largest absolute Gasteiger partial charge is 0.342 e. The zero-order valence-electron chi connectivity index (χ0n) is 20.7. The summed E-state index contributed by atoms with van der Waals surface area (Å²) in [6.07, 6.45) is 5.20. The Kier molecular flexibility index (Phi) is 7.76. The van der Waals surface area contributed by atoms with Gasteiger partial charge in [0.25, 0.3) is 0 Å². The molecule has 2 aliphatic rings. The molecule has 5 heteroatoms.